The van der Waals surface area contributed by atoms with Gasteiger partial charge in [0.15, 0.2) is 5.82 Å². The second-order valence-corrected chi connectivity index (χ2v) is 5.11. The standard InChI is InChI=1S/C14H13BrFNO/c1-8-4-5-9(2)13(10(8)3)18-14-12(16)6-11(15)7-17-14/h4-7H,1-3H3. The molecule has 0 atom stereocenters. The van der Waals surface area contributed by atoms with Crippen LogP contribution < -0.4 is 4.74 Å². The molecule has 0 spiro atoms. The third-order valence-electron chi connectivity index (χ3n) is 2.85. The van der Waals surface area contributed by atoms with Crippen LogP contribution in [0.1, 0.15) is 16.7 Å². The molecule has 4 heteroatoms. The molecular weight excluding hydrogens is 297 g/mol. The molecule has 0 aliphatic heterocycles. The van der Waals surface area contributed by atoms with Gasteiger partial charge < -0.3 is 4.74 Å². The lowest BCUT2D eigenvalue weighted by atomic mass is 10.1. The van der Waals surface area contributed by atoms with Crippen LogP contribution in [0, 0.1) is 26.6 Å². The Hall–Kier alpha value is -1.42. The van der Waals surface area contributed by atoms with Gasteiger partial charge in [0.1, 0.15) is 5.75 Å². The molecule has 0 radical (unpaired) electrons. The highest BCUT2D eigenvalue weighted by atomic mass is 79.9. The molecule has 2 nitrogen and oxygen atoms in total. The van der Waals surface area contributed by atoms with Crippen molar-refractivity contribution in [3.05, 3.63) is 51.4 Å². The highest BCUT2D eigenvalue weighted by Gasteiger charge is 2.12. The van der Waals surface area contributed by atoms with E-state index < -0.39 is 5.82 Å². The summed E-state index contributed by atoms with van der Waals surface area (Å²) in [7, 11) is 0. The topological polar surface area (TPSA) is 22.1 Å². The van der Waals surface area contributed by atoms with Crippen LogP contribution in [0.5, 0.6) is 11.6 Å². The van der Waals surface area contributed by atoms with Crippen molar-refractivity contribution in [3.8, 4) is 11.6 Å². The van der Waals surface area contributed by atoms with Crippen LogP contribution in [0.3, 0.4) is 0 Å². The van der Waals surface area contributed by atoms with Gasteiger partial charge in [-0.15, -0.1) is 0 Å². The molecule has 0 saturated heterocycles. The second-order valence-electron chi connectivity index (χ2n) is 4.20. The molecule has 0 unspecified atom stereocenters. The first-order valence-corrected chi connectivity index (χ1v) is 6.34. The zero-order valence-corrected chi connectivity index (χ0v) is 12.0. The van der Waals surface area contributed by atoms with Crippen molar-refractivity contribution in [1.29, 1.82) is 0 Å². The molecule has 2 aromatic rings. The van der Waals surface area contributed by atoms with E-state index in [9.17, 15) is 4.39 Å². The average molecular weight is 310 g/mol. The van der Waals surface area contributed by atoms with Crippen LogP contribution in [-0.2, 0) is 0 Å². The van der Waals surface area contributed by atoms with Crippen molar-refractivity contribution in [1.82, 2.24) is 4.98 Å². The van der Waals surface area contributed by atoms with Crippen LogP contribution in [-0.4, -0.2) is 4.98 Å². The van der Waals surface area contributed by atoms with Gasteiger partial charge in [-0.25, -0.2) is 9.37 Å². The second kappa shape index (κ2) is 5.06. The van der Waals surface area contributed by atoms with E-state index in [4.69, 9.17) is 4.74 Å². The Balaban J connectivity index is 2.43. The van der Waals surface area contributed by atoms with E-state index in [1.807, 2.05) is 32.9 Å². The highest BCUT2D eigenvalue weighted by molar-refractivity contribution is 9.10. The number of hydrogen-bond donors (Lipinski definition) is 0. The molecule has 0 N–H and O–H groups in total. The quantitative estimate of drug-likeness (QED) is 0.802. The van der Waals surface area contributed by atoms with Crippen LogP contribution in [0.4, 0.5) is 4.39 Å². The predicted molar refractivity (Wildman–Crippen MR) is 72.6 cm³/mol. The molecular formula is C14H13BrFNO. The Morgan fingerprint density at radius 1 is 1.17 bits per heavy atom. The van der Waals surface area contributed by atoms with Gasteiger partial charge >= 0.3 is 0 Å². The van der Waals surface area contributed by atoms with Crippen molar-refractivity contribution in [2.75, 3.05) is 0 Å². The number of hydrogen-bond acceptors (Lipinski definition) is 2. The minimum atomic E-state index is -0.482. The van der Waals surface area contributed by atoms with Gasteiger partial charge in [0, 0.05) is 10.7 Å². The molecule has 1 aromatic carbocycles. The fraction of sp³-hybridized carbons (Fsp3) is 0.214. The summed E-state index contributed by atoms with van der Waals surface area (Å²) in [5.74, 6) is 0.184. The number of nitrogens with zero attached hydrogens (tertiary/aromatic N) is 1. The molecule has 0 bridgehead atoms. The Kier molecular flexibility index (Phi) is 3.66. The Morgan fingerprint density at radius 2 is 1.83 bits per heavy atom. The molecule has 18 heavy (non-hydrogen) atoms. The SMILES string of the molecule is Cc1ccc(C)c(Oc2ncc(Br)cc2F)c1C. The molecule has 0 fully saturated rings. The normalized spacial score (nSPS) is 10.5. The van der Waals surface area contributed by atoms with Crippen molar-refractivity contribution in [2.45, 2.75) is 20.8 Å². The van der Waals surface area contributed by atoms with E-state index in [-0.39, 0.29) is 5.88 Å². The summed E-state index contributed by atoms with van der Waals surface area (Å²) < 4.78 is 19.9. The van der Waals surface area contributed by atoms with E-state index >= 15 is 0 Å². The lowest BCUT2D eigenvalue weighted by Crippen LogP contribution is -1.97. The van der Waals surface area contributed by atoms with Gasteiger partial charge in [-0.1, -0.05) is 12.1 Å². The molecule has 1 heterocycles. The number of aryl methyl sites for hydroxylation is 2. The van der Waals surface area contributed by atoms with Crippen LogP contribution in [0.2, 0.25) is 0 Å². The van der Waals surface area contributed by atoms with E-state index in [1.165, 1.54) is 12.3 Å². The number of pyridine rings is 1. The Morgan fingerprint density at radius 3 is 2.50 bits per heavy atom. The zero-order valence-electron chi connectivity index (χ0n) is 10.4. The first-order chi connectivity index (χ1) is 8.49. The van der Waals surface area contributed by atoms with Gasteiger partial charge in [-0.2, -0.15) is 0 Å². The van der Waals surface area contributed by atoms with Gasteiger partial charge in [-0.05, 0) is 59.5 Å². The van der Waals surface area contributed by atoms with E-state index in [2.05, 4.69) is 20.9 Å². The van der Waals surface area contributed by atoms with Crippen molar-refractivity contribution < 1.29 is 9.13 Å². The summed E-state index contributed by atoms with van der Waals surface area (Å²) >= 11 is 3.16. The lowest BCUT2D eigenvalue weighted by molar-refractivity contribution is 0.417. The lowest BCUT2D eigenvalue weighted by Gasteiger charge is -2.13. The highest BCUT2D eigenvalue weighted by Crippen LogP contribution is 2.31. The minimum absolute atomic E-state index is 0.00463. The van der Waals surface area contributed by atoms with Crippen molar-refractivity contribution in [3.63, 3.8) is 0 Å². The zero-order chi connectivity index (χ0) is 13.3. The maximum atomic E-state index is 13.7. The van der Waals surface area contributed by atoms with Crippen LogP contribution >= 0.6 is 15.9 Å². The van der Waals surface area contributed by atoms with Crippen LogP contribution in [0.15, 0.2) is 28.9 Å². The third-order valence-corrected chi connectivity index (χ3v) is 3.28. The third kappa shape index (κ3) is 2.53. The van der Waals surface area contributed by atoms with Gasteiger partial charge in [0.25, 0.3) is 5.88 Å². The first kappa shape index (κ1) is 13.0. The Labute approximate surface area is 114 Å². The van der Waals surface area contributed by atoms with Gasteiger partial charge in [0.05, 0.1) is 0 Å². The fourth-order valence-electron chi connectivity index (χ4n) is 1.66. The summed E-state index contributed by atoms with van der Waals surface area (Å²) in [5.41, 5.74) is 3.06. The smallest absolute Gasteiger partial charge is 0.255 e. The summed E-state index contributed by atoms with van der Waals surface area (Å²) in [6, 6.07) is 5.31. The molecule has 0 saturated carbocycles. The van der Waals surface area contributed by atoms with E-state index in [1.54, 1.807) is 0 Å². The van der Waals surface area contributed by atoms with Gasteiger partial charge in [0.2, 0.25) is 0 Å². The number of aromatic nitrogens is 1. The van der Waals surface area contributed by atoms with E-state index in [0.29, 0.717) is 10.2 Å². The fourth-order valence-corrected chi connectivity index (χ4v) is 1.96. The number of halogens is 2. The predicted octanol–water partition coefficient (Wildman–Crippen LogP) is 4.70. The van der Waals surface area contributed by atoms with Crippen molar-refractivity contribution >= 4 is 15.9 Å². The monoisotopic (exact) mass is 309 g/mol. The van der Waals surface area contributed by atoms with Gasteiger partial charge in [-0.3, -0.25) is 0 Å². The molecule has 94 valence electrons. The van der Waals surface area contributed by atoms with Crippen LogP contribution in [0.25, 0.3) is 0 Å². The summed E-state index contributed by atoms with van der Waals surface area (Å²) in [5, 5.41) is 0. The maximum Gasteiger partial charge on any atom is 0.255 e. The Bertz CT molecular complexity index is 599. The molecule has 1 aromatic heterocycles. The number of ether oxygens (including phenoxy) is 1. The molecule has 0 amide bonds. The molecule has 0 aliphatic carbocycles. The average Bonchev–Trinajstić information content (AvgIpc) is 2.32. The van der Waals surface area contributed by atoms with E-state index in [0.717, 1.165) is 16.7 Å². The maximum absolute atomic E-state index is 13.7. The minimum Gasteiger partial charge on any atom is -0.436 e. The summed E-state index contributed by atoms with van der Waals surface area (Å²) in [6.45, 7) is 5.87. The number of rotatable bonds is 2. The van der Waals surface area contributed by atoms with Crippen molar-refractivity contribution in [2.24, 2.45) is 0 Å². The first-order valence-electron chi connectivity index (χ1n) is 5.54. The molecule has 0 aliphatic rings. The summed E-state index contributed by atoms with van der Waals surface area (Å²) in [4.78, 5) is 3.94. The summed E-state index contributed by atoms with van der Waals surface area (Å²) in [6.07, 6.45) is 1.51. The molecule has 2 rings (SSSR count). The number of benzene rings is 1. The largest absolute Gasteiger partial charge is 0.436 e.